The lowest BCUT2D eigenvalue weighted by atomic mass is 10.2. The predicted octanol–water partition coefficient (Wildman–Crippen LogP) is -0.970. The van der Waals surface area contributed by atoms with Gasteiger partial charge in [0.05, 0.1) is 18.8 Å². The van der Waals surface area contributed by atoms with Crippen LogP contribution in [0.15, 0.2) is 0 Å². The van der Waals surface area contributed by atoms with Crippen LogP contribution in [0, 0.1) is 0 Å². The molecule has 0 rings (SSSR count). The number of nitrogens with two attached hydrogens (primary N) is 1. The Morgan fingerprint density at radius 2 is 2.22 bits per heavy atom. The van der Waals surface area contributed by atoms with Gasteiger partial charge in [-0.1, -0.05) is 0 Å². The fourth-order valence-corrected chi connectivity index (χ4v) is 1.00. The molecule has 4 N–H and O–H groups in total. The molecule has 4 heteroatoms. The van der Waals surface area contributed by atoms with Gasteiger partial charge in [-0.2, -0.15) is 11.8 Å². The fourth-order valence-electron chi connectivity index (χ4n) is 0.416. The Hall–Kier alpha value is 0.230. The molecule has 0 heterocycles. The summed E-state index contributed by atoms with van der Waals surface area (Å²) in [6.45, 7) is -0.151. The highest BCUT2D eigenvalue weighted by molar-refractivity contribution is 7.98. The molecule has 0 bridgehead atoms. The number of aliphatic hydroxyl groups excluding tert-OH is 2. The molecule has 0 aromatic rings. The molecule has 0 fully saturated rings. The molecule has 0 saturated carbocycles. The number of thioether (sulfide) groups is 1. The first kappa shape index (κ1) is 9.23. The lowest BCUT2D eigenvalue weighted by Crippen LogP contribution is -2.39. The first-order chi connectivity index (χ1) is 4.22. The highest BCUT2D eigenvalue weighted by atomic mass is 32.2. The van der Waals surface area contributed by atoms with Gasteiger partial charge in [-0.05, 0) is 6.26 Å². The minimum Gasteiger partial charge on any atom is -0.395 e. The smallest absolute Gasteiger partial charge is 0.0803 e. The van der Waals surface area contributed by atoms with Crippen LogP contribution in [-0.2, 0) is 0 Å². The summed E-state index contributed by atoms with van der Waals surface area (Å²) in [5.74, 6) is 0.585. The molecule has 3 nitrogen and oxygen atoms in total. The maximum absolute atomic E-state index is 9.01. The van der Waals surface area contributed by atoms with E-state index in [2.05, 4.69) is 0 Å². The SMILES string of the molecule is CSC[C@@H](O)[C@H](N)CO. The van der Waals surface area contributed by atoms with Gasteiger partial charge in [-0.25, -0.2) is 0 Å². The second kappa shape index (κ2) is 5.05. The Morgan fingerprint density at radius 1 is 1.67 bits per heavy atom. The van der Waals surface area contributed by atoms with Gasteiger partial charge >= 0.3 is 0 Å². The van der Waals surface area contributed by atoms with Gasteiger partial charge in [0.2, 0.25) is 0 Å². The molecule has 0 radical (unpaired) electrons. The minimum absolute atomic E-state index is 0.151. The third-order valence-electron chi connectivity index (χ3n) is 1.04. The van der Waals surface area contributed by atoms with Crippen molar-refractivity contribution in [2.45, 2.75) is 12.1 Å². The molecule has 0 aliphatic rings. The second-order valence-electron chi connectivity index (χ2n) is 1.87. The Bertz CT molecular complexity index is 72.0. The summed E-state index contributed by atoms with van der Waals surface area (Å²) >= 11 is 1.51. The first-order valence-corrected chi connectivity index (χ1v) is 4.15. The maximum Gasteiger partial charge on any atom is 0.0803 e. The average Bonchev–Trinajstić information content (AvgIpc) is 1.87. The van der Waals surface area contributed by atoms with Crippen molar-refractivity contribution < 1.29 is 10.2 Å². The predicted molar refractivity (Wildman–Crippen MR) is 39.5 cm³/mol. The Labute approximate surface area is 59.3 Å². The van der Waals surface area contributed by atoms with Crippen LogP contribution in [0.4, 0.5) is 0 Å². The molecule has 56 valence electrons. The van der Waals surface area contributed by atoms with Crippen molar-refractivity contribution in [1.82, 2.24) is 0 Å². The summed E-state index contributed by atoms with van der Waals surface area (Å²) in [5.41, 5.74) is 5.29. The number of hydrogen-bond donors (Lipinski definition) is 3. The molecule has 9 heavy (non-hydrogen) atoms. The fraction of sp³-hybridized carbons (Fsp3) is 1.00. The van der Waals surface area contributed by atoms with Crippen molar-refractivity contribution in [2.24, 2.45) is 5.73 Å². The molecule has 2 atom stereocenters. The second-order valence-corrected chi connectivity index (χ2v) is 2.78. The van der Waals surface area contributed by atoms with Gasteiger partial charge in [0.25, 0.3) is 0 Å². The van der Waals surface area contributed by atoms with Crippen molar-refractivity contribution in [3.05, 3.63) is 0 Å². The van der Waals surface area contributed by atoms with E-state index in [1.807, 2.05) is 6.26 Å². The van der Waals surface area contributed by atoms with Crippen LogP contribution in [0.2, 0.25) is 0 Å². The van der Waals surface area contributed by atoms with E-state index in [9.17, 15) is 0 Å². The van der Waals surface area contributed by atoms with Crippen LogP contribution in [0.5, 0.6) is 0 Å². The Kier molecular flexibility index (Phi) is 5.18. The van der Waals surface area contributed by atoms with E-state index in [4.69, 9.17) is 15.9 Å². The monoisotopic (exact) mass is 151 g/mol. The Balaban J connectivity index is 3.32. The zero-order chi connectivity index (χ0) is 7.28. The van der Waals surface area contributed by atoms with E-state index in [0.29, 0.717) is 5.75 Å². The lowest BCUT2D eigenvalue weighted by Gasteiger charge is -2.14. The molecule has 0 aromatic carbocycles. The van der Waals surface area contributed by atoms with Gasteiger partial charge in [0, 0.05) is 5.75 Å². The van der Waals surface area contributed by atoms with Crippen molar-refractivity contribution in [1.29, 1.82) is 0 Å². The van der Waals surface area contributed by atoms with Gasteiger partial charge in [0.15, 0.2) is 0 Å². The molecule has 0 aliphatic heterocycles. The van der Waals surface area contributed by atoms with E-state index in [1.165, 1.54) is 11.8 Å². The summed E-state index contributed by atoms with van der Waals surface area (Å²) in [4.78, 5) is 0. The van der Waals surface area contributed by atoms with E-state index in [1.54, 1.807) is 0 Å². The molecule has 0 spiro atoms. The quantitative estimate of drug-likeness (QED) is 0.483. The van der Waals surface area contributed by atoms with Gasteiger partial charge < -0.3 is 15.9 Å². The van der Waals surface area contributed by atoms with Crippen LogP contribution in [0.25, 0.3) is 0 Å². The van der Waals surface area contributed by atoms with Crippen LogP contribution in [0.1, 0.15) is 0 Å². The summed E-state index contributed by atoms with van der Waals surface area (Å²) in [6.07, 6.45) is 1.30. The molecule has 0 saturated heterocycles. The van der Waals surface area contributed by atoms with Crippen LogP contribution in [0.3, 0.4) is 0 Å². The zero-order valence-electron chi connectivity index (χ0n) is 5.45. The van der Waals surface area contributed by atoms with Crippen molar-refractivity contribution in [3.63, 3.8) is 0 Å². The topological polar surface area (TPSA) is 66.5 Å². The highest BCUT2D eigenvalue weighted by Gasteiger charge is 2.11. The van der Waals surface area contributed by atoms with E-state index < -0.39 is 12.1 Å². The molecule has 0 unspecified atom stereocenters. The Morgan fingerprint density at radius 3 is 2.56 bits per heavy atom. The lowest BCUT2D eigenvalue weighted by molar-refractivity contribution is 0.127. The maximum atomic E-state index is 9.01. The van der Waals surface area contributed by atoms with Crippen LogP contribution < -0.4 is 5.73 Å². The van der Waals surface area contributed by atoms with Crippen molar-refractivity contribution >= 4 is 11.8 Å². The number of aliphatic hydroxyl groups is 2. The minimum atomic E-state index is -0.579. The van der Waals surface area contributed by atoms with Gasteiger partial charge in [-0.3, -0.25) is 0 Å². The average molecular weight is 151 g/mol. The standard InChI is InChI=1S/C5H13NO2S/c1-9-3-5(8)4(6)2-7/h4-5,7-8H,2-3,6H2,1H3/t4-,5-/m1/s1. The van der Waals surface area contributed by atoms with Gasteiger partial charge in [0.1, 0.15) is 0 Å². The molecule has 0 aromatic heterocycles. The molecular weight excluding hydrogens is 138 g/mol. The van der Waals surface area contributed by atoms with Gasteiger partial charge in [-0.15, -0.1) is 0 Å². The largest absolute Gasteiger partial charge is 0.395 e. The number of hydrogen-bond acceptors (Lipinski definition) is 4. The van der Waals surface area contributed by atoms with Crippen LogP contribution >= 0.6 is 11.8 Å². The normalized spacial score (nSPS) is 17.3. The van der Waals surface area contributed by atoms with Crippen molar-refractivity contribution in [2.75, 3.05) is 18.6 Å². The summed E-state index contributed by atoms with van der Waals surface area (Å²) < 4.78 is 0. The van der Waals surface area contributed by atoms with E-state index >= 15 is 0 Å². The zero-order valence-corrected chi connectivity index (χ0v) is 6.27. The third kappa shape index (κ3) is 3.75. The van der Waals surface area contributed by atoms with E-state index in [-0.39, 0.29) is 6.61 Å². The number of rotatable bonds is 4. The molecular formula is C5H13NO2S. The molecule has 0 amide bonds. The highest BCUT2D eigenvalue weighted by Crippen LogP contribution is 1.98. The van der Waals surface area contributed by atoms with Crippen LogP contribution in [-0.4, -0.2) is 41.0 Å². The van der Waals surface area contributed by atoms with E-state index in [0.717, 1.165) is 0 Å². The summed E-state index contributed by atoms with van der Waals surface area (Å²) in [7, 11) is 0. The first-order valence-electron chi connectivity index (χ1n) is 2.75. The third-order valence-corrected chi connectivity index (χ3v) is 1.72. The summed E-state index contributed by atoms with van der Waals surface area (Å²) in [6, 6.07) is -0.488. The van der Waals surface area contributed by atoms with Crippen molar-refractivity contribution in [3.8, 4) is 0 Å². The summed E-state index contributed by atoms with van der Waals surface area (Å²) in [5, 5.41) is 17.4. The molecule has 0 aliphatic carbocycles.